The lowest BCUT2D eigenvalue weighted by Gasteiger charge is -2.15. The van der Waals surface area contributed by atoms with Crippen molar-refractivity contribution in [1.29, 1.82) is 0 Å². The highest BCUT2D eigenvalue weighted by Crippen LogP contribution is 2.28. The lowest BCUT2D eigenvalue weighted by atomic mass is 10.2. The fourth-order valence-electron chi connectivity index (χ4n) is 1.43. The van der Waals surface area contributed by atoms with Crippen molar-refractivity contribution >= 4 is 37.5 Å². The van der Waals surface area contributed by atoms with Gasteiger partial charge in [0.15, 0.2) is 0 Å². The number of anilines is 1. The van der Waals surface area contributed by atoms with Crippen LogP contribution in [0.25, 0.3) is 0 Å². The molecule has 2 N–H and O–H groups in total. The maximum atomic E-state index is 3.94. The minimum absolute atomic E-state index is 0.188. The van der Waals surface area contributed by atoms with E-state index in [-0.39, 0.29) is 6.04 Å². The number of hydrogen-bond donors (Lipinski definition) is 2. The molecule has 1 atom stereocenters. The molecule has 0 aliphatic carbocycles. The Morgan fingerprint density at radius 1 is 1.31 bits per heavy atom. The molecule has 0 bridgehead atoms. The summed E-state index contributed by atoms with van der Waals surface area (Å²) >= 11 is 6.97. The summed E-state index contributed by atoms with van der Waals surface area (Å²) in [5.74, 6) is 0. The molecule has 0 amide bonds. The first-order chi connectivity index (χ1) is 7.66. The molecule has 0 saturated carbocycles. The van der Waals surface area contributed by atoms with E-state index in [4.69, 9.17) is 0 Å². The van der Waals surface area contributed by atoms with Crippen molar-refractivity contribution in [3.63, 3.8) is 0 Å². The van der Waals surface area contributed by atoms with Gasteiger partial charge in [-0.1, -0.05) is 15.9 Å². The van der Waals surface area contributed by atoms with Crippen LogP contribution in [0.2, 0.25) is 0 Å². The number of hydrogen-bond acceptors (Lipinski definition) is 2. The van der Waals surface area contributed by atoms with Gasteiger partial charge in [-0.3, -0.25) is 5.10 Å². The molecule has 1 aromatic heterocycles. The van der Waals surface area contributed by atoms with Gasteiger partial charge in [0.25, 0.3) is 0 Å². The van der Waals surface area contributed by atoms with Crippen molar-refractivity contribution in [3.05, 3.63) is 45.1 Å². The fraction of sp³-hybridized carbons (Fsp3) is 0.182. The Balaban J connectivity index is 2.17. The number of nitrogens with one attached hydrogen (secondary N) is 2. The average Bonchev–Trinajstić information content (AvgIpc) is 2.76. The summed E-state index contributed by atoms with van der Waals surface area (Å²) in [6, 6.07) is 8.19. The second-order valence-electron chi connectivity index (χ2n) is 3.50. The maximum Gasteiger partial charge on any atom is 0.0651 e. The van der Waals surface area contributed by atoms with Gasteiger partial charge in [-0.05, 0) is 47.1 Å². The van der Waals surface area contributed by atoms with Gasteiger partial charge >= 0.3 is 0 Å². The second kappa shape index (κ2) is 5.01. The van der Waals surface area contributed by atoms with Crippen molar-refractivity contribution in [1.82, 2.24) is 10.2 Å². The lowest BCUT2D eigenvalue weighted by Crippen LogP contribution is -2.07. The van der Waals surface area contributed by atoms with Crippen molar-refractivity contribution in [3.8, 4) is 0 Å². The Morgan fingerprint density at radius 2 is 2.12 bits per heavy atom. The van der Waals surface area contributed by atoms with E-state index >= 15 is 0 Å². The molecule has 0 aliphatic rings. The van der Waals surface area contributed by atoms with Crippen LogP contribution in [0.15, 0.2) is 39.4 Å². The van der Waals surface area contributed by atoms with E-state index in [0.717, 1.165) is 20.3 Å². The number of aromatic nitrogens is 2. The van der Waals surface area contributed by atoms with E-state index in [9.17, 15) is 0 Å². The molecule has 0 aliphatic heterocycles. The molecule has 5 heteroatoms. The summed E-state index contributed by atoms with van der Waals surface area (Å²) in [6.45, 7) is 2.08. The number of benzene rings is 1. The molecule has 2 aromatic rings. The van der Waals surface area contributed by atoms with E-state index in [1.54, 1.807) is 6.20 Å². The molecule has 84 valence electrons. The molecule has 0 radical (unpaired) electrons. The molecule has 1 aromatic carbocycles. The van der Waals surface area contributed by atoms with Crippen LogP contribution in [-0.2, 0) is 0 Å². The third kappa shape index (κ3) is 2.65. The third-order valence-corrected chi connectivity index (χ3v) is 3.47. The molecule has 0 fully saturated rings. The summed E-state index contributed by atoms with van der Waals surface area (Å²) in [5.41, 5.74) is 2.11. The smallest absolute Gasteiger partial charge is 0.0651 e. The SMILES string of the molecule is CC(Nc1cc(Br)ccc1Br)c1ccn[nH]1. The Morgan fingerprint density at radius 3 is 2.81 bits per heavy atom. The third-order valence-electron chi connectivity index (χ3n) is 2.29. The first-order valence-electron chi connectivity index (χ1n) is 4.87. The van der Waals surface area contributed by atoms with Gasteiger partial charge in [0.2, 0.25) is 0 Å². The highest BCUT2D eigenvalue weighted by atomic mass is 79.9. The van der Waals surface area contributed by atoms with Gasteiger partial charge in [-0.25, -0.2) is 0 Å². The van der Waals surface area contributed by atoms with Gasteiger partial charge < -0.3 is 5.32 Å². The van der Waals surface area contributed by atoms with Gasteiger partial charge in [0, 0.05) is 15.1 Å². The highest BCUT2D eigenvalue weighted by Gasteiger charge is 2.08. The van der Waals surface area contributed by atoms with E-state index < -0.39 is 0 Å². The minimum Gasteiger partial charge on any atom is -0.376 e. The Labute approximate surface area is 111 Å². The first kappa shape index (κ1) is 11.7. The Bertz CT molecular complexity index is 468. The molecule has 2 rings (SSSR count). The quantitative estimate of drug-likeness (QED) is 0.879. The van der Waals surface area contributed by atoms with E-state index in [1.807, 2.05) is 24.3 Å². The minimum atomic E-state index is 0.188. The van der Waals surface area contributed by atoms with Crippen molar-refractivity contribution in [2.45, 2.75) is 13.0 Å². The van der Waals surface area contributed by atoms with Crippen LogP contribution < -0.4 is 5.32 Å². The van der Waals surface area contributed by atoms with Gasteiger partial charge in [-0.15, -0.1) is 0 Å². The topological polar surface area (TPSA) is 40.7 Å². The highest BCUT2D eigenvalue weighted by molar-refractivity contribution is 9.11. The summed E-state index contributed by atoms with van der Waals surface area (Å²) in [4.78, 5) is 0. The number of halogens is 2. The van der Waals surface area contributed by atoms with Crippen LogP contribution in [0.3, 0.4) is 0 Å². The number of H-pyrrole nitrogens is 1. The lowest BCUT2D eigenvalue weighted by molar-refractivity contribution is 0.825. The van der Waals surface area contributed by atoms with Crippen LogP contribution in [0.1, 0.15) is 18.7 Å². The van der Waals surface area contributed by atoms with Crippen LogP contribution >= 0.6 is 31.9 Å². The predicted octanol–water partition coefficient (Wildman–Crippen LogP) is 4.11. The molecule has 1 heterocycles. The summed E-state index contributed by atoms with van der Waals surface area (Å²) in [6.07, 6.45) is 1.75. The first-order valence-corrected chi connectivity index (χ1v) is 6.46. The zero-order valence-corrected chi connectivity index (χ0v) is 11.8. The number of nitrogens with zero attached hydrogens (tertiary/aromatic N) is 1. The molecule has 3 nitrogen and oxygen atoms in total. The normalized spacial score (nSPS) is 12.4. The zero-order chi connectivity index (χ0) is 11.5. The average molecular weight is 345 g/mol. The van der Waals surface area contributed by atoms with E-state index in [2.05, 4.69) is 54.3 Å². The maximum absolute atomic E-state index is 3.94. The van der Waals surface area contributed by atoms with Crippen molar-refractivity contribution in [2.75, 3.05) is 5.32 Å². The predicted molar refractivity (Wildman–Crippen MR) is 72.5 cm³/mol. The van der Waals surface area contributed by atoms with Crippen molar-refractivity contribution in [2.24, 2.45) is 0 Å². The number of aromatic amines is 1. The second-order valence-corrected chi connectivity index (χ2v) is 5.27. The van der Waals surface area contributed by atoms with E-state index in [0.29, 0.717) is 0 Å². The molecular formula is C11H11Br2N3. The Hall–Kier alpha value is -0.810. The summed E-state index contributed by atoms with van der Waals surface area (Å²) in [5, 5.41) is 10.3. The van der Waals surface area contributed by atoms with Crippen LogP contribution in [0, 0.1) is 0 Å². The zero-order valence-electron chi connectivity index (χ0n) is 8.67. The monoisotopic (exact) mass is 343 g/mol. The Kier molecular flexibility index (Phi) is 3.66. The van der Waals surface area contributed by atoms with Crippen LogP contribution in [0.5, 0.6) is 0 Å². The van der Waals surface area contributed by atoms with E-state index in [1.165, 1.54) is 0 Å². The molecular weight excluding hydrogens is 334 g/mol. The fourth-order valence-corrected chi connectivity index (χ4v) is 2.15. The number of rotatable bonds is 3. The molecule has 16 heavy (non-hydrogen) atoms. The molecule has 1 unspecified atom stereocenters. The largest absolute Gasteiger partial charge is 0.376 e. The molecule has 0 spiro atoms. The summed E-state index contributed by atoms with van der Waals surface area (Å²) in [7, 11) is 0. The van der Waals surface area contributed by atoms with Crippen LogP contribution in [-0.4, -0.2) is 10.2 Å². The van der Waals surface area contributed by atoms with Crippen molar-refractivity contribution < 1.29 is 0 Å². The van der Waals surface area contributed by atoms with Gasteiger partial charge in [0.05, 0.1) is 17.4 Å². The van der Waals surface area contributed by atoms with Crippen LogP contribution in [0.4, 0.5) is 5.69 Å². The van der Waals surface area contributed by atoms with Gasteiger partial charge in [-0.2, -0.15) is 5.10 Å². The van der Waals surface area contributed by atoms with Gasteiger partial charge in [0.1, 0.15) is 0 Å². The molecule has 0 saturated heterocycles. The standard InChI is InChI=1S/C11H11Br2N3/c1-7(10-4-5-14-16-10)15-11-6-8(12)2-3-9(11)13/h2-7,15H,1H3,(H,14,16). The summed E-state index contributed by atoms with van der Waals surface area (Å²) < 4.78 is 2.09.